The minimum Gasteiger partial charge on any atom is -0.494 e. The van der Waals surface area contributed by atoms with Crippen molar-refractivity contribution in [3.05, 3.63) is 89.5 Å². The maximum atomic E-state index is 15.2. The number of aryl methyl sites for hydroxylation is 1. The molecular formula is C63H88N12O26. The number of anilines is 1. The molecule has 556 valence electrons. The number of carbonyl (C=O) groups excluding carboxylic acids is 6. The fraction of sp³-hybridized carbons (Fsp3) is 0.587. The molecule has 0 aliphatic carbocycles. The van der Waals surface area contributed by atoms with Crippen molar-refractivity contribution in [1.29, 1.82) is 0 Å². The van der Waals surface area contributed by atoms with Gasteiger partial charge in [0.15, 0.2) is 24.4 Å². The van der Waals surface area contributed by atoms with Gasteiger partial charge in [-0.2, -0.15) is 0 Å². The molecule has 23 N–H and O–H groups in total. The quantitative estimate of drug-likeness (QED) is 0.0471. The zero-order chi connectivity index (χ0) is 73.3. The topological polar surface area (TPSA) is 585 Å². The van der Waals surface area contributed by atoms with Crippen molar-refractivity contribution in [2.45, 2.75) is 180 Å². The number of nitrogens with one attached hydrogen (secondary N) is 6. The second-order valence-corrected chi connectivity index (χ2v) is 25.0. The molecule has 101 heavy (non-hydrogen) atoms. The number of para-hydroxylation sites is 1. The van der Waals surface area contributed by atoms with Gasteiger partial charge in [-0.3, -0.25) is 43.7 Å². The number of ether oxygens (including phenoxy) is 7. The molecule has 4 fully saturated rings. The summed E-state index contributed by atoms with van der Waals surface area (Å²) in [5.74, 6) is -7.37. The Balaban J connectivity index is 0.975. The number of rotatable bonds is 21. The lowest BCUT2D eigenvalue weighted by Crippen LogP contribution is -2.70. The summed E-state index contributed by atoms with van der Waals surface area (Å²) in [6.45, 7) is 0.238. The van der Waals surface area contributed by atoms with Crippen molar-refractivity contribution >= 4 is 53.0 Å². The number of aliphatic imine (C=N–C) groups is 2. The third-order valence-electron chi connectivity index (χ3n) is 18.1. The summed E-state index contributed by atoms with van der Waals surface area (Å²) in [6, 6.07) is 5.90. The van der Waals surface area contributed by atoms with E-state index in [4.69, 9.17) is 44.6 Å². The molecule has 3 aromatic rings. The van der Waals surface area contributed by atoms with E-state index in [9.17, 15) is 85.6 Å². The summed E-state index contributed by atoms with van der Waals surface area (Å²) < 4.78 is 40.4. The molecule has 38 nitrogen and oxygen atoms in total. The number of nitrogens with zero attached hydrogens (tertiary/aromatic N) is 4. The Labute approximate surface area is 576 Å². The minimum atomic E-state index is -2.36. The molecule has 6 amide bonds. The SMILES string of the molecule is CCOc1ccc(COCC2OC(OC3C(CO)OC(Oc4ccc(CC5NC(=O)C(C)N(c6ccccc6C)C(=O)CNC(=O)C(CO)NC(=O)C(C(O)C6CN=C(N)N6C6OC(CO)C(O)C(O)C6O)NC(=O)C(C(O)C6CN=C(N)N6)NC5=O)cc4)C(O)C3O)C(O)C(O)C2O)cc1. The van der Waals surface area contributed by atoms with Crippen LogP contribution in [0.15, 0.2) is 82.8 Å². The summed E-state index contributed by atoms with van der Waals surface area (Å²) in [5.41, 5.74) is 13.7. The predicted molar refractivity (Wildman–Crippen MR) is 345 cm³/mol. The molecule has 0 saturated carbocycles. The molecular weight excluding hydrogens is 1340 g/mol. The first-order valence-corrected chi connectivity index (χ1v) is 32.5. The lowest BCUT2D eigenvalue weighted by molar-refractivity contribution is -0.353. The van der Waals surface area contributed by atoms with E-state index in [0.29, 0.717) is 17.9 Å². The molecule has 0 radical (unpaired) electrons. The Bertz CT molecular complexity index is 3400. The molecule has 3 aromatic carbocycles. The first-order valence-electron chi connectivity index (χ1n) is 32.5. The monoisotopic (exact) mass is 1430 g/mol. The summed E-state index contributed by atoms with van der Waals surface area (Å²) >= 11 is 0. The zero-order valence-electron chi connectivity index (χ0n) is 54.9. The Kier molecular flexibility index (Phi) is 26.1. The van der Waals surface area contributed by atoms with Crippen LogP contribution in [0.5, 0.6) is 11.5 Å². The van der Waals surface area contributed by atoms with Crippen LogP contribution in [0.3, 0.4) is 0 Å². The molecule has 4 saturated heterocycles. The van der Waals surface area contributed by atoms with E-state index >= 15 is 9.59 Å². The van der Waals surface area contributed by atoms with Gasteiger partial charge in [0.25, 0.3) is 0 Å². The van der Waals surface area contributed by atoms with E-state index in [1.807, 2.05) is 6.92 Å². The van der Waals surface area contributed by atoms with Crippen molar-refractivity contribution in [1.82, 2.24) is 36.8 Å². The van der Waals surface area contributed by atoms with Crippen LogP contribution in [0.4, 0.5) is 5.69 Å². The van der Waals surface area contributed by atoms with Crippen LogP contribution in [0.25, 0.3) is 0 Å². The van der Waals surface area contributed by atoms with E-state index in [1.165, 1.54) is 37.3 Å². The van der Waals surface area contributed by atoms with Gasteiger partial charge in [0.05, 0.1) is 71.4 Å². The predicted octanol–water partition coefficient (Wildman–Crippen LogP) is -10.5. The van der Waals surface area contributed by atoms with Gasteiger partial charge < -0.3 is 148 Å². The standard InChI is InChI=1S/C63H88N12O26/c1-4-96-30-13-11-29(12-14-30)24-95-25-39-46(83)48(85)51(88)61(100-39)101-53-38(23-78)99-60(52(89)49(53)86)97-31-15-9-28(10-16-31)17-32-56(92)72-41(43(80)33-18-67-62(64)71-33)58(94)73-42(44(81)36-19-68-63(65)75(36)59-50(87)47(84)45(82)37(22-77)98-59)57(93)70-34(21-76)55(91)66-20-40(79)74(27(3)54(90)69-32)35-8-6-5-7-26(35)2/h5-16,27,32-34,36-39,41-53,59-61,76-78,80-89H,4,17-25H2,1-3H3,(H2,65,68)(H,66,91)(H,69,90)(H,70,93)(H,72,92)(H,73,94)(H3,64,67,71). The molecule has 0 aromatic heterocycles. The first kappa shape index (κ1) is 77.1. The number of nitrogens with two attached hydrogens (primary N) is 2. The summed E-state index contributed by atoms with van der Waals surface area (Å²) in [4.78, 5) is 98.2. The van der Waals surface area contributed by atoms with E-state index in [1.54, 1.807) is 49.4 Å². The van der Waals surface area contributed by atoms with E-state index in [-0.39, 0.29) is 42.7 Å². The first-order chi connectivity index (χ1) is 48.2. The number of guanidine groups is 2. The highest BCUT2D eigenvalue weighted by atomic mass is 16.7. The van der Waals surface area contributed by atoms with Gasteiger partial charge in [0.1, 0.15) is 127 Å². The number of amides is 6. The maximum Gasteiger partial charge on any atom is 0.247 e. The number of hydrogen-bond donors (Lipinski definition) is 21. The fourth-order valence-corrected chi connectivity index (χ4v) is 12.4. The molecule has 9 rings (SSSR count). The van der Waals surface area contributed by atoms with Crippen LogP contribution in [0, 0.1) is 6.92 Å². The third kappa shape index (κ3) is 17.7. The van der Waals surface area contributed by atoms with Crippen molar-refractivity contribution in [3.8, 4) is 11.5 Å². The van der Waals surface area contributed by atoms with Gasteiger partial charge in [-0.25, -0.2) is 0 Å². The number of benzene rings is 3. The average Bonchev–Trinajstić information content (AvgIpc) is 1.76. The number of aliphatic hydroxyl groups is 13. The second-order valence-electron chi connectivity index (χ2n) is 25.0. The highest BCUT2D eigenvalue weighted by Gasteiger charge is 2.54. The number of aliphatic hydroxyl groups excluding tert-OH is 13. The largest absolute Gasteiger partial charge is 0.494 e. The summed E-state index contributed by atoms with van der Waals surface area (Å²) in [5, 5.41) is 158. The molecule has 0 bridgehead atoms. The van der Waals surface area contributed by atoms with Gasteiger partial charge in [0.2, 0.25) is 41.7 Å². The van der Waals surface area contributed by atoms with Crippen LogP contribution in [-0.2, 0) is 65.5 Å². The zero-order valence-corrected chi connectivity index (χ0v) is 54.9. The van der Waals surface area contributed by atoms with Crippen LogP contribution in [-0.4, -0.2) is 318 Å². The van der Waals surface area contributed by atoms with Crippen molar-refractivity contribution in [2.75, 3.05) is 57.6 Å². The molecule has 24 atom stereocenters. The van der Waals surface area contributed by atoms with E-state index < -0.39 is 227 Å². The van der Waals surface area contributed by atoms with Crippen molar-refractivity contribution < 1.29 is 128 Å². The maximum absolute atomic E-state index is 15.2. The van der Waals surface area contributed by atoms with Gasteiger partial charge in [-0.15, -0.1) is 0 Å². The second kappa shape index (κ2) is 34.2. The summed E-state index contributed by atoms with van der Waals surface area (Å²) in [7, 11) is 0. The molecule has 6 aliphatic heterocycles. The number of carbonyl (C=O) groups is 6. The molecule has 0 spiro atoms. The highest BCUT2D eigenvalue weighted by Crippen LogP contribution is 2.33. The molecule has 6 aliphatic rings. The van der Waals surface area contributed by atoms with Crippen LogP contribution < -0.4 is 57.7 Å². The average molecular weight is 1430 g/mol. The molecule has 24 unspecified atom stereocenters. The third-order valence-corrected chi connectivity index (χ3v) is 18.1. The fourth-order valence-electron chi connectivity index (χ4n) is 12.4. The van der Waals surface area contributed by atoms with Gasteiger partial charge in [-0.05, 0) is 67.8 Å². The normalized spacial score (nSPS) is 34.7. The lowest BCUT2D eigenvalue weighted by Gasteiger charge is -2.46. The Morgan fingerprint density at radius 2 is 1.21 bits per heavy atom. The summed E-state index contributed by atoms with van der Waals surface area (Å²) in [6.07, 6.45) is -31.5. The van der Waals surface area contributed by atoms with Gasteiger partial charge in [0, 0.05) is 12.1 Å². The van der Waals surface area contributed by atoms with Gasteiger partial charge >= 0.3 is 0 Å². The Hall–Kier alpha value is -8.10. The van der Waals surface area contributed by atoms with Crippen molar-refractivity contribution in [2.24, 2.45) is 21.5 Å². The minimum absolute atomic E-state index is 0.0496. The van der Waals surface area contributed by atoms with Crippen LogP contribution in [0.1, 0.15) is 30.5 Å². The molecule has 6 heterocycles. The number of hydrogen-bond acceptors (Lipinski definition) is 32. The molecule has 38 heteroatoms. The Morgan fingerprint density at radius 1 is 0.604 bits per heavy atom. The van der Waals surface area contributed by atoms with Gasteiger partial charge in [-0.1, -0.05) is 42.5 Å². The van der Waals surface area contributed by atoms with Crippen LogP contribution >= 0.6 is 0 Å². The lowest BCUT2D eigenvalue weighted by atomic mass is 9.95. The van der Waals surface area contributed by atoms with E-state index in [0.717, 1.165) is 15.4 Å². The van der Waals surface area contributed by atoms with Crippen molar-refractivity contribution in [3.63, 3.8) is 0 Å². The van der Waals surface area contributed by atoms with Crippen LogP contribution in [0.2, 0.25) is 0 Å². The smallest absolute Gasteiger partial charge is 0.247 e. The highest BCUT2D eigenvalue weighted by molar-refractivity contribution is 6.04. The Morgan fingerprint density at radius 3 is 1.86 bits per heavy atom. The van der Waals surface area contributed by atoms with E-state index in [2.05, 4.69) is 41.9 Å².